The summed E-state index contributed by atoms with van der Waals surface area (Å²) in [5, 5.41) is 0. The maximum atomic E-state index is 13.3. The van der Waals surface area contributed by atoms with Gasteiger partial charge in [-0.3, -0.25) is 4.79 Å². The smallest absolute Gasteiger partial charge is 0.350 e. The molecule has 27 heavy (non-hydrogen) atoms. The number of amides is 1. The monoisotopic (exact) mass is 383 g/mol. The first-order chi connectivity index (χ1) is 12.9. The van der Waals surface area contributed by atoms with Crippen molar-refractivity contribution in [3.05, 3.63) is 52.9 Å². The molecule has 1 heterocycles. The fourth-order valence-electron chi connectivity index (χ4n) is 3.48. The van der Waals surface area contributed by atoms with E-state index >= 15 is 0 Å². The lowest BCUT2D eigenvalue weighted by Crippen LogP contribution is -2.41. The van der Waals surface area contributed by atoms with Gasteiger partial charge in [0.05, 0.1) is 12.8 Å². The Bertz CT molecular complexity index is 867. The molecule has 4 nitrogen and oxygen atoms in total. The molecule has 5 heteroatoms. The van der Waals surface area contributed by atoms with Crippen LogP contribution in [0.5, 0.6) is 0 Å². The lowest BCUT2D eigenvalue weighted by atomic mass is 10.0. The number of methoxy groups -OCH3 is 1. The van der Waals surface area contributed by atoms with E-state index in [0.29, 0.717) is 10.6 Å². The Balaban J connectivity index is 2.04. The van der Waals surface area contributed by atoms with E-state index in [1.165, 1.54) is 24.0 Å². The van der Waals surface area contributed by atoms with Crippen molar-refractivity contribution in [2.75, 3.05) is 12.0 Å². The summed E-state index contributed by atoms with van der Waals surface area (Å²) in [5.41, 5.74) is 2.92. The highest BCUT2D eigenvalue weighted by Gasteiger charge is 2.33. The van der Waals surface area contributed by atoms with Gasteiger partial charge in [-0.25, -0.2) is 4.79 Å². The Morgan fingerprint density at radius 1 is 1.22 bits per heavy atom. The number of benzene rings is 1. The number of carbonyl (C=O) groups is 2. The number of anilines is 1. The Hall–Kier alpha value is -2.40. The van der Waals surface area contributed by atoms with E-state index in [9.17, 15) is 9.59 Å². The summed E-state index contributed by atoms with van der Waals surface area (Å²) in [7, 11) is 1.37. The van der Waals surface area contributed by atoms with Crippen molar-refractivity contribution >= 4 is 28.9 Å². The van der Waals surface area contributed by atoms with Crippen molar-refractivity contribution in [2.45, 2.75) is 39.7 Å². The molecule has 2 aromatic rings. The second kappa shape index (κ2) is 8.09. The third-order valence-electron chi connectivity index (χ3n) is 4.82. The molecule has 1 unspecified atom stereocenters. The van der Waals surface area contributed by atoms with Gasteiger partial charge in [-0.05, 0) is 45.2 Å². The number of allylic oxidation sites excluding steroid dienone is 2. The standard InChI is InChI=1S/C22H25NO3S/c1-14(2)23(21(24)17-11-10-15(3)12-17)18-13-19(16-8-6-5-7-9-16)27-20(18)22(25)26-4/h5-10,13-14,17H,11-12H2,1-4H3. The van der Waals surface area contributed by atoms with Crippen molar-refractivity contribution in [1.29, 1.82) is 0 Å². The Morgan fingerprint density at radius 2 is 1.93 bits per heavy atom. The maximum Gasteiger partial charge on any atom is 0.350 e. The number of carbonyl (C=O) groups excluding carboxylic acids is 2. The second-order valence-electron chi connectivity index (χ2n) is 7.17. The Morgan fingerprint density at radius 3 is 2.48 bits per heavy atom. The number of hydrogen-bond acceptors (Lipinski definition) is 4. The van der Waals surface area contributed by atoms with Crippen molar-refractivity contribution in [1.82, 2.24) is 0 Å². The van der Waals surface area contributed by atoms with Crippen LogP contribution < -0.4 is 4.90 Å². The predicted octanol–water partition coefficient (Wildman–Crippen LogP) is 5.30. The van der Waals surface area contributed by atoms with Crippen molar-refractivity contribution in [3.8, 4) is 10.4 Å². The molecule has 0 aliphatic heterocycles. The van der Waals surface area contributed by atoms with E-state index in [4.69, 9.17) is 4.74 Å². The highest BCUT2D eigenvalue weighted by atomic mass is 32.1. The largest absolute Gasteiger partial charge is 0.465 e. The zero-order valence-corrected chi connectivity index (χ0v) is 17.0. The molecule has 1 amide bonds. The van der Waals surface area contributed by atoms with E-state index in [2.05, 4.69) is 13.0 Å². The summed E-state index contributed by atoms with van der Waals surface area (Å²) in [4.78, 5) is 28.9. The van der Waals surface area contributed by atoms with Crippen LogP contribution >= 0.6 is 11.3 Å². The van der Waals surface area contributed by atoms with Crippen LogP contribution in [0, 0.1) is 5.92 Å². The molecule has 1 aromatic heterocycles. The molecule has 3 rings (SSSR count). The maximum absolute atomic E-state index is 13.3. The zero-order chi connectivity index (χ0) is 19.6. The van der Waals surface area contributed by atoms with E-state index in [0.717, 1.165) is 23.3 Å². The summed E-state index contributed by atoms with van der Waals surface area (Å²) in [6, 6.07) is 11.8. The van der Waals surface area contributed by atoms with Crippen LogP contribution in [0.3, 0.4) is 0 Å². The van der Waals surface area contributed by atoms with Gasteiger partial charge in [0.25, 0.3) is 0 Å². The summed E-state index contributed by atoms with van der Waals surface area (Å²) in [6.45, 7) is 6.02. The molecular formula is C22H25NO3S. The first-order valence-corrected chi connectivity index (χ1v) is 10.00. The topological polar surface area (TPSA) is 46.6 Å². The highest BCUT2D eigenvalue weighted by molar-refractivity contribution is 7.18. The summed E-state index contributed by atoms with van der Waals surface area (Å²) < 4.78 is 5.00. The quantitative estimate of drug-likeness (QED) is 0.520. The van der Waals surface area contributed by atoms with Gasteiger partial charge in [0.2, 0.25) is 5.91 Å². The third kappa shape index (κ3) is 3.98. The van der Waals surface area contributed by atoms with Crippen LogP contribution in [-0.2, 0) is 9.53 Å². The Labute approximate surface area is 164 Å². The number of hydrogen-bond donors (Lipinski definition) is 0. The summed E-state index contributed by atoms with van der Waals surface area (Å²) in [6.07, 6.45) is 3.67. The molecule has 0 N–H and O–H groups in total. The van der Waals surface area contributed by atoms with Crippen molar-refractivity contribution in [3.63, 3.8) is 0 Å². The average molecular weight is 384 g/mol. The molecule has 142 valence electrons. The van der Waals surface area contributed by atoms with E-state index in [-0.39, 0.29) is 17.9 Å². The molecular weight excluding hydrogens is 358 g/mol. The van der Waals surface area contributed by atoms with Gasteiger partial charge in [0, 0.05) is 16.8 Å². The lowest BCUT2D eigenvalue weighted by Gasteiger charge is -2.29. The third-order valence-corrected chi connectivity index (χ3v) is 5.98. The minimum atomic E-state index is -0.406. The highest BCUT2D eigenvalue weighted by Crippen LogP contribution is 2.39. The minimum absolute atomic E-state index is 0.0555. The number of rotatable bonds is 5. The number of esters is 1. The Kier molecular flexibility index (Phi) is 5.80. The predicted molar refractivity (Wildman–Crippen MR) is 110 cm³/mol. The molecule has 0 fully saturated rings. The summed E-state index contributed by atoms with van der Waals surface area (Å²) in [5.74, 6) is -0.394. The SMILES string of the molecule is COC(=O)c1sc(-c2ccccc2)cc1N(C(=O)C1CC=C(C)C1)C(C)C. The van der Waals surface area contributed by atoms with Crippen LogP contribution in [0.25, 0.3) is 10.4 Å². The normalized spacial score (nSPS) is 16.3. The van der Waals surface area contributed by atoms with Crippen LogP contribution in [0.2, 0.25) is 0 Å². The van der Waals surface area contributed by atoms with Gasteiger partial charge in [0.15, 0.2) is 0 Å². The van der Waals surface area contributed by atoms with Gasteiger partial charge in [0.1, 0.15) is 4.88 Å². The molecule has 0 saturated heterocycles. The zero-order valence-electron chi connectivity index (χ0n) is 16.2. The van der Waals surface area contributed by atoms with Gasteiger partial charge < -0.3 is 9.64 Å². The molecule has 1 aromatic carbocycles. The van der Waals surface area contributed by atoms with E-state index < -0.39 is 5.97 Å². The molecule has 0 radical (unpaired) electrons. The minimum Gasteiger partial charge on any atom is -0.465 e. The lowest BCUT2D eigenvalue weighted by molar-refractivity contribution is -0.122. The summed E-state index contributed by atoms with van der Waals surface area (Å²) >= 11 is 1.37. The second-order valence-corrected chi connectivity index (χ2v) is 8.22. The van der Waals surface area contributed by atoms with E-state index in [1.807, 2.05) is 50.2 Å². The molecule has 1 aliphatic carbocycles. The molecule has 0 saturated carbocycles. The number of thiophene rings is 1. The fourth-order valence-corrected chi connectivity index (χ4v) is 4.55. The molecule has 1 atom stereocenters. The van der Waals surface area contributed by atoms with Gasteiger partial charge in [-0.15, -0.1) is 11.3 Å². The number of ether oxygens (including phenoxy) is 1. The van der Waals surface area contributed by atoms with Gasteiger partial charge in [-0.1, -0.05) is 42.0 Å². The first kappa shape index (κ1) is 19.4. The molecule has 1 aliphatic rings. The van der Waals surface area contributed by atoms with Crippen LogP contribution in [0.4, 0.5) is 5.69 Å². The van der Waals surface area contributed by atoms with Crippen LogP contribution in [0.1, 0.15) is 43.3 Å². The van der Waals surface area contributed by atoms with Gasteiger partial charge >= 0.3 is 5.97 Å². The first-order valence-electron chi connectivity index (χ1n) is 9.18. The van der Waals surface area contributed by atoms with Crippen LogP contribution in [0.15, 0.2) is 48.0 Å². The van der Waals surface area contributed by atoms with Crippen molar-refractivity contribution < 1.29 is 14.3 Å². The van der Waals surface area contributed by atoms with E-state index in [1.54, 1.807) is 4.90 Å². The van der Waals surface area contributed by atoms with Gasteiger partial charge in [-0.2, -0.15) is 0 Å². The van der Waals surface area contributed by atoms with Crippen LogP contribution in [-0.4, -0.2) is 25.0 Å². The number of nitrogens with zero attached hydrogens (tertiary/aromatic N) is 1. The molecule has 0 spiro atoms. The molecule has 0 bridgehead atoms. The fraction of sp³-hybridized carbons (Fsp3) is 0.364. The average Bonchev–Trinajstić information content (AvgIpc) is 3.28. The van der Waals surface area contributed by atoms with Crippen molar-refractivity contribution in [2.24, 2.45) is 5.92 Å².